The summed E-state index contributed by atoms with van der Waals surface area (Å²) in [6, 6.07) is 0. The van der Waals surface area contributed by atoms with Crippen LogP contribution in [0, 0.1) is 0 Å². The Balaban J connectivity index is -0.0000000457. The molecule has 60 valence electrons. The van der Waals surface area contributed by atoms with E-state index in [1.165, 1.54) is 0 Å². The van der Waals surface area contributed by atoms with Gasteiger partial charge in [0.15, 0.2) is 0 Å². The van der Waals surface area contributed by atoms with E-state index in [1.54, 1.807) is 0 Å². The van der Waals surface area contributed by atoms with Crippen molar-refractivity contribution in [1.82, 2.24) is 0 Å². The van der Waals surface area contributed by atoms with Crippen molar-refractivity contribution in [2.45, 2.75) is 0 Å². The Bertz CT molecular complexity index is 108. The summed E-state index contributed by atoms with van der Waals surface area (Å²) < 4.78 is 0. The van der Waals surface area contributed by atoms with Crippen LogP contribution in [0.5, 0.6) is 0 Å². The molecule has 0 saturated carbocycles. The molecule has 0 radical (unpaired) electrons. The van der Waals surface area contributed by atoms with E-state index in [0.29, 0.717) is 0 Å². The fourth-order valence-electron chi connectivity index (χ4n) is 0. The van der Waals surface area contributed by atoms with Crippen LogP contribution in [0.15, 0.2) is 0 Å². The van der Waals surface area contributed by atoms with Crippen LogP contribution in [-0.2, 0) is 9.59 Å². The SMILES string of the molecule is O=C([O-])CCl.O=C([O-])CCl.[K+].[K+]. The van der Waals surface area contributed by atoms with Crippen LogP contribution in [0.2, 0.25) is 0 Å². The van der Waals surface area contributed by atoms with Gasteiger partial charge in [0.2, 0.25) is 0 Å². The number of alkyl halides is 2. The standard InChI is InChI=1S/2C2H3ClO2.2K/c2*3-1-2(4)5;;/h2*1H2,(H,4,5);;/q;;2*+1/p-2. The van der Waals surface area contributed by atoms with Gasteiger partial charge in [0.25, 0.3) is 0 Å². The van der Waals surface area contributed by atoms with Gasteiger partial charge in [-0.25, -0.2) is 0 Å². The molecule has 0 bridgehead atoms. The second kappa shape index (κ2) is 19.4. The maximum Gasteiger partial charge on any atom is 1.00 e. The Morgan fingerprint density at radius 3 is 1.00 bits per heavy atom. The summed E-state index contributed by atoms with van der Waals surface area (Å²) in [5.41, 5.74) is 0. The molecule has 0 atom stereocenters. The Labute approximate surface area is 165 Å². The van der Waals surface area contributed by atoms with Crippen molar-refractivity contribution >= 4 is 35.1 Å². The Morgan fingerprint density at radius 2 is 1.00 bits per heavy atom. The third-order valence-electron chi connectivity index (χ3n) is 0.218. The molecule has 0 N–H and O–H groups in total. The molecule has 0 aromatic heterocycles. The van der Waals surface area contributed by atoms with Gasteiger partial charge in [-0.2, -0.15) is 0 Å². The zero-order valence-electron chi connectivity index (χ0n) is 6.80. The van der Waals surface area contributed by atoms with Crippen molar-refractivity contribution in [3.05, 3.63) is 0 Å². The number of halogens is 2. The second-order valence-electron chi connectivity index (χ2n) is 1.01. The quantitative estimate of drug-likeness (QED) is 0.367. The van der Waals surface area contributed by atoms with Gasteiger partial charge in [0.1, 0.15) is 0 Å². The van der Waals surface area contributed by atoms with Gasteiger partial charge in [-0.05, 0) is 0 Å². The molecule has 0 saturated heterocycles. The first-order valence-electron chi connectivity index (χ1n) is 2.06. The fourth-order valence-corrected chi connectivity index (χ4v) is 0. The van der Waals surface area contributed by atoms with Crippen LogP contribution in [0.25, 0.3) is 0 Å². The van der Waals surface area contributed by atoms with Crippen molar-refractivity contribution in [1.29, 1.82) is 0 Å². The molecule has 0 aliphatic carbocycles. The first kappa shape index (κ1) is 24.2. The van der Waals surface area contributed by atoms with Gasteiger partial charge in [0.05, 0.1) is 23.7 Å². The predicted molar refractivity (Wildman–Crippen MR) is 31.5 cm³/mol. The molecule has 0 heterocycles. The fraction of sp³-hybridized carbons (Fsp3) is 0.500. The Kier molecular flexibility index (Phi) is 39.0. The van der Waals surface area contributed by atoms with E-state index in [2.05, 4.69) is 23.2 Å². The van der Waals surface area contributed by atoms with Gasteiger partial charge in [0, 0.05) is 0 Å². The van der Waals surface area contributed by atoms with E-state index in [4.69, 9.17) is 19.8 Å². The van der Waals surface area contributed by atoms with Gasteiger partial charge < -0.3 is 19.8 Å². The topological polar surface area (TPSA) is 80.3 Å². The molecule has 8 heteroatoms. The zero-order chi connectivity index (χ0) is 8.57. The third kappa shape index (κ3) is 38.6. The minimum absolute atomic E-state index is 0. The predicted octanol–water partition coefficient (Wildman–Crippen LogP) is -8.04. The van der Waals surface area contributed by atoms with Crippen LogP contribution in [0.4, 0.5) is 0 Å². The number of hydrogen-bond donors (Lipinski definition) is 0. The number of carbonyl (C=O) groups excluding carboxylic acids is 2. The van der Waals surface area contributed by atoms with Crippen molar-refractivity contribution in [2.75, 3.05) is 11.8 Å². The van der Waals surface area contributed by atoms with Crippen molar-refractivity contribution in [3.8, 4) is 0 Å². The maximum absolute atomic E-state index is 9.12. The Morgan fingerprint density at radius 1 is 0.917 bits per heavy atom. The molecule has 0 aromatic carbocycles. The van der Waals surface area contributed by atoms with Gasteiger partial charge in [-0.1, -0.05) is 0 Å². The molecular formula is C4H4Cl2K2O4. The first-order valence-corrected chi connectivity index (χ1v) is 3.13. The number of aliphatic carboxylic acids is 2. The summed E-state index contributed by atoms with van der Waals surface area (Å²) in [4.78, 5) is 18.2. The van der Waals surface area contributed by atoms with E-state index in [9.17, 15) is 0 Å². The summed E-state index contributed by atoms with van der Waals surface area (Å²) in [5, 5.41) is 18.2. The number of carboxylic acid groups (broad SMARTS) is 2. The number of carboxylic acids is 2. The molecular weight excluding hydrogens is 261 g/mol. The molecule has 0 aromatic rings. The van der Waals surface area contributed by atoms with Gasteiger partial charge in [-0.3, -0.25) is 0 Å². The number of rotatable bonds is 2. The molecule has 0 rings (SSSR count). The van der Waals surface area contributed by atoms with E-state index >= 15 is 0 Å². The number of carbonyl (C=O) groups is 2. The maximum atomic E-state index is 9.12. The van der Waals surface area contributed by atoms with E-state index in [1.807, 2.05) is 0 Å². The molecule has 0 aliphatic heterocycles. The molecule has 0 amide bonds. The Hall–Kier alpha value is 2.79. The van der Waals surface area contributed by atoms with Crippen molar-refractivity contribution < 1.29 is 123 Å². The van der Waals surface area contributed by atoms with E-state index < -0.39 is 23.7 Å². The summed E-state index contributed by atoms with van der Waals surface area (Å²) >= 11 is 9.35. The molecule has 0 spiro atoms. The summed E-state index contributed by atoms with van der Waals surface area (Å²) in [5.74, 6) is -3.29. The molecule has 0 fully saturated rings. The van der Waals surface area contributed by atoms with Gasteiger partial charge >= 0.3 is 103 Å². The first-order chi connectivity index (χ1) is 4.54. The monoisotopic (exact) mass is 264 g/mol. The molecule has 4 nitrogen and oxygen atoms in total. The van der Waals surface area contributed by atoms with Crippen molar-refractivity contribution in [2.24, 2.45) is 0 Å². The van der Waals surface area contributed by atoms with Crippen LogP contribution in [-0.4, -0.2) is 23.7 Å². The molecule has 12 heavy (non-hydrogen) atoms. The summed E-state index contributed by atoms with van der Waals surface area (Å²) in [7, 11) is 0. The third-order valence-corrected chi connectivity index (χ3v) is 0.655. The zero-order valence-corrected chi connectivity index (χ0v) is 14.6. The second-order valence-corrected chi connectivity index (χ2v) is 1.55. The summed E-state index contributed by atoms with van der Waals surface area (Å²) in [6.07, 6.45) is 0. The van der Waals surface area contributed by atoms with Crippen molar-refractivity contribution in [3.63, 3.8) is 0 Å². The molecule has 0 aliphatic rings. The average Bonchev–Trinajstić information content (AvgIpc) is 1.89. The normalized spacial score (nSPS) is 6.17. The van der Waals surface area contributed by atoms with E-state index in [0.717, 1.165) is 0 Å². The number of hydrogen-bond acceptors (Lipinski definition) is 4. The summed E-state index contributed by atoms with van der Waals surface area (Å²) in [6.45, 7) is 0. The van der Waals surface area contributed by atoms with Crippen LogP contribution in [0.3, 0.4) is 0 Å². The molecule has 0 unspecified atom stereocenters. The van der Waals surface area contributed by atoms with Crippen LogP contribution in [0.1, 0.15) is 0 Å². The van der Waals surface area contributed by atoms with Crippen LogP contribution < -0.4 is 113 Å². The average molecular weight is 265 g/mol. The minimum atomic E-state index is -1.23. The smallest absolute Gasteiger partial charge is 0.549 e. The van der Waals surface area contributed by atoms with Crippen LogP contribution >= 0.6 is 23.2 Å². The minimum Gasteiger partial charge on any atom is -0.549 e. The van der Waals surface area contributed by atoms with Gasteiger partial charge in [-0.15, -0.1) is 23.2 Å². The van der Waals surface area contributed by atoms with E-state index in [-0.39, 0.29) is 103 Å². The largest absolute Gasteiger partial charge is 1.00 e.